The van der Waals surface area contributed by atoms with Gasteiger partial charge in [0.05, 0.1) is 17.6 Å². The molecule has 2 unspecified atom stereocenters. The molecule has 3 N–H and O–H groups in total. The number of aromatic nitrogens is 1. The summed E-state index contributed by atoms with van der Waals surface area (Å²) in [6, 6.07) is 15.2. The second kappa shape index (κ2) is 7.30. The van der Waals surface area contributed by atoms with E-state index in [4.69, 9.17) is 10.8 Å². The van der Waals surface area contributed by atoms with Crippen LogP contribution in [0.3, 0.4) is 0 Å². The van der Waals surface area contributed by atoms with E-state index in [1.165, 1.54) is 6.34 Å². The van der Waals surface area contributed by atoms with E-state index in [0.717, 1.165) is 40.4 Å². The summed E-state index contributed by atoms with van der Waals surface area (Å²) in [7, 11) is 0. The van der Waals surface area contributed by atoms with E-state index >= 15 is 0 Å². The molecule has 2 atom stereocenters. The Labute approximate surface area is 190 Å². The SMILES string of the molecule is Cc1cccc2cc(CN3N=C(c4cccc(O)c4)C4C(N)=NC=NC43)n(C3CC3)c(=O)c12. The number of nitrogens with two attached hydrogens (primary N) is 1. The molecule has 0 amide bonds. The van der Waals surface area contributed by atoms with E-state index in [-0.39, 0.29) is 29.4 Å². The maximum Gasteiger partial charge on any atom is 0.259 e. The van der Waals surface area contributed by atoms with Crippen molar-refractivity contribution in [1.29, 1.82) is 0 Å². The average Bonchev–Trinajstić information content (AvgIpc) is 3.55. The van der Waals surface area contributed by atoms with E-state index < -0.39 is 0 Å². The smallest absolute Gasteiger partial charge is 0.259 e. The van der Waals surface area contributed by atoms with Crippen molar-refractivity contribution in [2.75, 3.05) is 0 Å². The predicted molar refractivity (Wildman–Crippen MR) is 129 cm³/mol. The van der Waals surface area contributed by atoms with E-state index in [1.54, 1.807) is 18.2 Å². The standard InChI is InChI=1S/C25H24N6O2/c1-14-4-2-5-15-10-18(31(17-8-9-17)25(33)20(14)15)12-30-24-21(23(26)27-13-28-24)22(29-30)16-6-3-7-19(32)11-16/h2-7,10-11,13,17,21,24,32H,8-9,12H2,1H3,(H2,26,27,28). The molecule has 8 nitrogen and oxygen atoms in total. The molecule has 1 saturated carbocycles. The van der Waals surface area contributed by atoms with Gasteiger partial charge in [0.15, 0.2) is 6.17 Å². The number of amidine groups is 1. The summed E-state index contributed by atoms with van der Waals surface area (Å²) in [5.74, 6) is 0.279. The monoisotopic (exact) mass is 440 g/mol. The highest BCUT2D eigenvalue weighted by Crippen LogP contribution is 2.37. The van der Waals surface area contributed by atoms with Gasteiger partial charge < -0.3 is 15.4 Å². The van der Waals surface area contributed by atoms with E-state index in [9.17, 15) is 9.90 Å². The fourth-order valence-corrected chi connectivity index (χ4v) is 4.93. The third kappa shape index (κ3) is 3.21. The van der Waals surface area contributed by atoms with Gasteiger partial charge in [-0.1, -0.05) is 30.3 Å². The fraction of sp³-hybridized carbons (Fsp3) is 0.280. The molecule has 0 spiro atoms. The highest BCUT2D eigenvalue weighted by Gasteiger charge is 2.42. The molecule has 1 aliphatic carbocycles. The lowest BCUT2D eigenvalue weighted by Crippen LogP contribution is -2.42. The number of pyridine rings is 1. The van der Waals surface area contributed by atoms with Crippen LogP contribution in [0.1, 0.15) is 35.7 Å². The molecule has 0 radical (unpaired) electrons. The van der Waals surface area contributed by atoms with Crippen molar-refractivity contribution in [2.45, 2.75) is 38.5 Å². The van der Waals surface area contributed by atoms with Gasteiger partial charge >= 0.3 is 0 Å². The van der Waals surface area contributed by atoms with Crippen LogP contribution in [0.5, 0.6) is 5.75 Å². The average molecular weight is 441 g/mol. The number of hydrazone groups is 1. The van der Waals surface area contributed by atoms with Gasteiger partial charge in [0.1, 0.15) is 23.8 Å². The van der Waals surface area contributed by atoms with Gasteiger partial charge in [-0.3, -0.25) is 9.80 Å². The van der Waals surface area contributed by atoms with Crippen molar-refractivity contribution < 1.29 is 5.11 Å². The van der Waals surface area contributed by atoms with Crippen LogP contribution in [-0.4, -0.2) is 38.7 Å². The summed E-state index contributed by atoms with van der Waals surface area (Å²) < 4.78 is 1.94. The minimum Gasteiger partial charge on any atom is -0.508 e. The molecule has 33 heavy (non-hydrogen) atoms. The fourth-order valence-electron chi connectivity index (χ4n) is 4.93. The zero-order valence-electron chi connectivity index (χ0n) is 18.2. The van der Waals surface area contributed by atoms with Crippen LogP contribution in [0.15, 0.2) is 68.4 Å². The van der Waals surface area contributed by atoms with Gasteiger partial charge in [-0.05, 0) is 48.9 Å². The van der Waals surface area contributed by atoms with Gasteiger partial charge in [-0.2, -0.15) is 5.10 Å². The van der Waals surface area contributed by atoms with Gasteiger partial charge in [0.25, 0.3) is 5.56 Å². The molecule has 1 aromatic heterocycles. The van der Waals surface area contributed by atoms with Crippen molar-refractivity contribution in [3.63, 3.8) is 0 Å². The van der Waals surface area contributed by atoms with Crippen molar-refractivity contribution in [2.24, 2.45) is 26.7 Å². The number of phenolic OH excluding ortho intramolecular Hbond substituents is 1. The van der Waals surface area contributed by atoms with Gasteiger partial charge in [0, 0.05) is 17.3 Å². The number of aromatic hydroxyl groups is 1. The number of rotatable bonds is 4. The van der Waals surface area contributed by atoms with Crippen LogP contribution in [0.25, 0.3) is 10.8 Å². The quantitative estimate of drug-likeness (QED) is 0.650. The third-order valence-electron chi connectivity index (χ3n) is 6.63. The molecule has 2 aromatic carbocycles. The molecule has 0 bridgehead atoms. The summed E-state index contributed by atoms with van der Waals surface area (Å²) in [6.07, 6.45) is 3.13. The second-order valence-corrected chi connectivity index (χ2v) is 8.92. The number of benzene rings is 2. The molecule has 0 saturated heterocycles. The minimum atomic E-state index is -0.351. The summed E-state index contributed by atoms with van der Waals surface area (Å²) in [4.78, 5) is 22.3. The molecule has 3 aliphatic rings. The van der Waals surface area contributed by atoms with E-state index in [2.05, 4.69) is 16.1 Å². The van der Waals surface area contributed by atoms with E-state index in [0.29, 0.717) is 18.1 Å². The summed E-state index contributed by atoms with van der Waals surface area (Å²) in [5, 5.41) is 18.5. The summed E-state index contributed by atoms with van der Waals surface area (Å²) in [6.45, 7) is 2.40. The molecule has 3 heterocycles. The molecule has 3 aromatic rings. The predicted octanol–water partition coefficient (Wildman–Crippen LogP) is 2.91. The number of phenols is 1. The first-order valence-electron chi connectivity index (χ1n) is 11.1. The van der Waals surface area contributed by atoms with Crippen LogP contribution in [0.2, 0.25) is 0 Å². The Morgan fingerprint density at radius 3 is 2.76 bits per heavy atom. The molecule has 1 fully saturated rings. The third-order valence-corrected chi connectivity index (χ3v) is 6.63. The van der Waals surface area contributed by atoms with Gasteiger partial charge in [-0.15, -0.1) is 0 Å². The van der Waals surface area contributed by atoms with Crippen molar-refractivity contribution >= 4 is 28.7 Å². The number of hydrogen-bond donors (Lipinski definition) is 2. The lowest BCUT2D eigenvalue weighted by atomic mass is 9.93. The first kappa shape index (κ1) is 19.7. The number of fused-ring (bicyclic) bond motifs is 2. The van der Waals surface area contributed by atoms with Crippen molar-refractivity contribution in [3.05, 3.63) is 75.7 Å². The molecular formula is C25H24N6O2. The zero-order valence-corrected chi connectivity index (χ0v) is 18.2. The largest absolute Gasteiger partial charge is 0.508 e. The van der Waals surface area contributed by atoms with E-state index in [1.807, 2.05) is 40.8 Å². The highest BCUT2D eigenvalue weighted by molar-refractivity contribution is 6.17. The highest BCUT2D eigenvalue weighted by atomic mass is 16.3. The Balaban J connectivity index is 1.46. The number of aryl methyl sites for hydroxylation is 1. The maximum atomic E-state index is 13.5. The maximum absolute atomic E-state index is 13.5. The topological polar surface area (TPSA) is 109 Å². The molecule has 166 valence electrons. The van der Waals surface area contributed by atoms with Crippen LogP contribution in [-0.2, 0) is 6.54 Å². The summed E-state index contributed by atoms with van der Waals surface area (Å²) in [5.41, 5.74) is 9.73. The number of aliphatic imine (C=N–C) groups is 2. The summed E-state index contributed by atoms with van der Waals surface area (Å²) >= 11 is 0. The second-order valence-electron chi connectivity index (χ2n) is 8.92. The van der Waals surface area contributed by atoms with Crippen molar-refractivity contribution in [3.8, 4) is 5.75 Å². The Morgan fingerprint density at radius 1 is 1.15 bits per heavy atom. The number of nitrogens with zero attached hydrogens (tertiary/aromatic N) is 5. The molecule has 8 heteroatoms. The van der Waals surface area contributed by atoms with Gasteiger partial charge in [0.2, 0.25) is 0 Å². The zero-order chi connectivity index (χ0) is 22.7. The first-order chi connectivity index (χ1) is 16.0. The normalized spacial score (nSPS) is 21.8. The lowest BCUT2D eigenvalue weighted by Gasteiger charge is -2.27. The Kier molecular flexibility index (Phi) is 4.36. The van der Waals surface area contributed by atoms with Crippen LogP contribution in [0, 0.1) is 12.8 Å². The van der Waals surface area contributed by atoms with Crippen LogP contribution in [0.4, 0.5) is 0 Å². The van der Waals surface area contributed by atoms with Crippen LogP contribution >= 0.6 is 0 Å². The number of hydrogen-bond acceptors (Lipinski definition) is 7. The molecular weight excluding hydrogens is 416 g/mol. The van der Waals surface area contributed by atoms with Crippen LogP contribution < -0.4 is 11.3 Å². The minimum absolute atomic E-state index is 0.0595. The van der Waals surface area contributed by atoms with Gasteiger partial charge in [-0.25, -0.2) is 9.98 Å². The Morgan fingerprint density at radius 2 is 1.97 bits per heavy atom. The molecule has 2 aliphatic heterocycles. The lowest BCUT2D eigenvalue weighted by molar-refractivity contribution is 0.208. The van der Waals surface area contributed by atoms with Crippen molar-refractivity contribution in [1.82, 2.24) is 9.58 Å². The Hall–Kier alpha value is -3.94. The molecule has 6 rings (SSSR count). The first-order valence-corrected chi connectivity index (χ1v) is 11.1. The Bertz CT molecular complexity index is 1430.